The van der Waals surface area contributed by atoms with Crippen molar-refractivity contribution in [3.63, 3.8) is 0 Å². The van der Waals surface area contributed by atoms with E-state index in [0.29, 0.717) is 0 Å². The molecule has 0 N–H and O–H groups in total. The summed E-state index contributed by atoms with van der Waals surface area (Å²) in [4.78, 5) is 22.3. The standard InChI is InChI=1S/C12H12F12O2.C9H18O2/c1-3-5(2)6(25)26-4-8(15,16)10(19,20)12(23,24)11(21,22)9(17,18)7(13)14;1-6-7(2)8(10)11-9(3,4)5/h5,7H,3-4H2,1-2H3;7H,6H2,1-5H3. The van der Waals surface area contributed by atoms with Crippen molar-refractivity contribution in [3.8, 4) is 0 Å². The lowest BCUT2D eigenvalue weighted by atomic mass is 9.94. The Morgan fingerprint density at radius 2 is 1.05 bits per heavy atom. The molecule has 0 saturated heterocycles. The van der Waals surface area contributed by atoms with Gasteiger partial charge in [-0.05, 0) is 33.6 Å². The van der Waals surface area contributed by atoms with E-state index in [2.05, 4.69) is 4.74 Å². The first-order valence-corrected chi connectivity index (χ1v) is 10.7. The molecule has 2 atom stereocenters. The maximum atomic E-state index is 13.3. The summed E-state index contributed by atoms with van der Waals surface area (Å²) in [6, 6.07) is 0. The Bertz CT molecular complexity index is 748. The van der Waals surface area contributed by atoms with Crippen LogP contribution in [0.2, 0.25) is 0 Å². The van der Waals surface area contributed by atoms with Gasteiger partial charge in [-0.15, -0.1) is 0 Å². The number of halogens is 12. The van der Waals surface area contributed by atoms with E-state index < -0.39 is 54.5 Å². The number of hydrogen-bond donors (Lipinski definition) is 0. The second-order valence-electron chi connectivity index (χ2n) is 9.11. The van der Waals surface area contributed by atoms with Crippen molar-refractivity contribution >= 4 is 11.9 Å². The van der Waals surface area contributed by atoms with E-state index in [1.807, 2.05) is 34.6 Å². The zero-order valence-electron chi connectivity index (χ0n) is 21.0. The minimum absolute atomic E-state index is 0.0224. The Morgan fingerprint density at radius 3 is 1.38 bits per heavy atom. The van der Waals surface area contributed by atoms with Crippen LogP contribution in [0.5, 0.6) is 0 Å². The monoisotopic (exact) mass is 574 g/mol. The quantitative estimate of drug-likeness (QED) is 0.191. The van der Waals surface area contributed by atoms with Crippen molar-refractivity contribution in [2.75, 3.05) is 6.61 Å². The van der Waals surface area contributed by atoms with Gasteiger partial charge in [0.25, 0.3) is 0 Å². The second kappa shape index (κ2) is 12.8. The molecular weight excluding hydrogens is 544 g/mol. The molecule has 0 amide bonds. The van der Waals surface area contributed by atoms with Gasteiger partial charge in [-0.1, -0.05) is 27.7 Å². The Labute approximate surface area is 206 Å². The van der Waals surface area contributed by atoms with Gasteiger partial charge < -0.3 is 9.47 Å². The van der Waals surface area contributed by atoms with E-state index in [-0.39, 0.29) is 23.9 Å². The maximum Gasteiger partial charge on any atom is 0.384 e. The third kappa shape index (κ3) is 8.82. The predicted octanol–water partition coefficient (Wildman–Crippen LogP) is 7.39. The van der Waals surface area contributed by atoms with Crippen molar-refractivity contribution < 1.29 is 71.7 Å². The topological polar surface area (TPSA) is 52.6 Å². The van der Waals surface area contributed by atoms with Crippen molar-refractivity contribution in [1.29, 1.82) is 0 Å². The summed E-state index contributed by atoms with van der Waals surface area (Å²) < 4.78 is 163. The molecule has 0 saturated carbocycles. The smallest absolute Gasteiger partial charge is 0.384 e. The molecule has 0 rings (SSSR count). The van der Waals surface area contributed by atoms with Crippen molar-refractivity contribution in [3.05, 3.63) is 0 Å². The van der Waals surface area contributed by atoms with E-state index in [0.717, 1.165) is 13.3 Å². The van der Waals surface area contributed by atoms with Crippen LogP contribution in [0.3, 0.4) is 0 Å². The van der Waals surface area contributed by atoms with Crippen molar-refractivity contribution in [2.24, 2.45) is 11.8 Å². The number of alkyl halides is 12. The molecule has 0 radical (unpaired) electrons. The van der Waals surface area contributed by atoms with Crippen LogP contribution in [0, 0.1) is 11.8 Å². The van der Waals surface area contributed by atoms with Gasteiger partial charge in [0.2, 0.25) is 0 Å². The number of carbonyl (C=O) groups excluding carboxylic acids is 2. The average molecular weight is 574 g/mol. The highest BCUT2D eigenvalue weighted by atomic mass is 19.4. The third-order valence-corrected chi connectivity index (χ3v) is 4.77. The summed E-state index contributed by atoms with van der Waals surface area (Å²) in [6.45, 7) is 9.02. The first kappa shape index (κ1) is 37.3. The molecule has 4 nitrogen and oxygen atoms in total. The molecule has 2 unspecified atom stereocenters. The molecule has 0 bridgehead atoms. The molecule has 16 heteroatoms. The highest BCUT2D eigenvalue weighted by Gasteiger charge is 2.87. The normalized spacial score (nSPS) is 15.5. The van der Waals surface area contributed by atoms with E-state index in [9.17, 15) is 62.3 Å². The lowest BCUT2D eigenvalue weighted by Gasteiger charge is -2.38. The molecule has 0 aromatic rings. The summed E-state index contributed by atoms with van der Waals surface area (Å²) in [5.74, 6) is -38.6. The van der Waals surface area contributed by atoms with Gasteiger partial charge in [-0.2, -0.15) is 43.9 Å². The lowest BCUT2D eigenvalue weighted by Crippen LogP contribution is -2.69. The van der Waals surface area contributed by atoms with Crippen LogP contribution < -0.4 is 0 Å². The number of carbonyl (C=O) groups is 2. The van der Waals surface area contributed by atoms with Crippen LogP contribution in [-0.4, -0.2) is 60.2 Å². The summed E-state index contributed by atoms with van der Waals surface area (Å²) in [5.41, 5.74) is -0.347. The van der Waals surface area contributed by atoms with Crippen LogP contribution in [0.1, 0.15) is 61.3 Å². The van der Waals surface area contributed by atoms with E-state index in [1.54, 1.807) is 0 Å². The van der Waals surface area contributed by atoms with Crippen LogP contribution in [0.15, 0.2) is 0 Å². The van der Waals surface area contributed by atoms with Crippen LogP contribution in [-0.2, 0) is 19.1 Å². The van der Waals surface area contributed by atoms with Gasteiger partial charge in [0.1, 0.15) is 5.60 Å². The Morgan fingerprint density at radius 1 is 0.676 bits per heavy atom. The molecule has 0 aromatic carbocycles. The van der Waals surface area contributed by atoms with Crippen molar-refractivity contribution in [1.82, 2.24) is 0 Å². The molecule has 0 spiro atoms. The zero-order valence-corrected chi connectivity index (χ0v) is 21.0. The highest BCUT2D eigenvalue weighted by Crippen LogP contribution is 2.58. The Balaban J connectivity index is 0. The molecule has 0 fully saturated rings. The van der Waals surface area contributed by atoms with Gasteiger partial charge in [0.05, 0.1) is 11.8 Å². The van der Waals surface area contributed by atoms with E-state index >= 15 is 0 Å². The first-order chi connectivity index (χ1) is 16.2. The largest absolute Gasteiger partial charge is 0.460 e. The fourth-order valence-corrected chi connectivity index (χ4v) is 1.90. The van der Waals surface area contributed by atoms with Gasteiger partial charge >= 0.3 is 48.0 Å². The van der Waals surface area contributed by atoms with Crippen LogP contribution >= 0.6 is 0 Å². The molecule has 37 heavy (non-hydrogen) atoms. The molecular formula is C21H30F12O4. The first-order valence-electron chi connectivity index (χ1n) is 10.7. The maximum absolute atomic E-state index is 13.3. The predicted molar refractivity (Wildman–Crippen MR) is 106 cm³/mol. The molecule has 0 aliphatic carbocycles. The van der Waals surface area contributed by atoms with Gasteiger partial charge in [0.15, 0.2) is 6.61 Å². The number of hydrogen-bond acceptors (Lipinski definition) is 4. The lowest BCUT2D eigenvalue weighted by molar-refractivity contribution is -0.414. The Kier molecular flexibility index (Phi) is 12.9. The number of ether oxygens (including phenoxy) is 2. The second-order valence-corrected chi connectivity index (χ2v) is 9.11. The number of rotatable bonds is 11. The summed E-state index contributed by atoms with van der Waals surface area (Å²) >= 11 is 0. The zero-order chi connectivity index (χ0) is 30.4. The molecule has 222 valence electrons. The average Bonchev–Trinajstić information content (AvgIpc) is 2.74. The van der Waals surface area contributed by atoms with Crippen molar-refractivity contribution in [2.45, 2.75) is 103 Å². The summed E-state index contributed by atoms with van der Waals surface area (Å²) in [7, 11) is 0. The van der Waals surface area contributed by atoms with Gasteiger partial charge in [0, 0.05) is 0 Å². The van der Waals surface area contributed by atoms with Gasteiger partial charge in [-0.25, -0.2) is 8.78 Å². The molecule has 0 aliphatic rings. The number of esters is 2. The Hall–Kier alpha value is -1.90. The molecule has 0 heterocycles. The van der Waals surface area contributed by atoms with E-state index in [4.69, 9.17) is 4.74 Å². The third-order valence-electron chi connectivity index (χ3n) is 4.77. The van der Waals surface area contributed by atoms with Crippen LogP contribution in [0.4, 0.5) is 52.7 Å². The minimum Gasteiger partial charge on any atom is -0.460 e. The fourth-order valence-electron chi connectivity index (χ4n) is 1.90. The van der Waals surface area contributed by atoms with E-state index in [1.165, 1.54) is 6.92 Å². The molecule has 0 aliphatic heterocycles. The van der Waals surface area contributed by atoms with Crippen LogP contribution in [0.25, 0.3) is 0 Å². The molecule has 0 aromatic heterocycles. The SMILES string of the molecule is CCC(C)C(=O)OC(C)(C)C.CCC(C)C(=O)OCC(F)(F)C(F)(F)C(F)(F)C(F)(F)C(F)(F)C(F)F. The fraction of sp³-hybridized carbons (Fsp3) is 0.905. The van der Waals surface area contributed by atoms with Gasteiger partial charge in [-0.3, -0.25) is 9.59 Å². The minimum atomic E-state index is -7.62. The summed E-state index contributed by atoms with van der Waals surface area (Å²) in [6.07, 6.45) is -4.78. The summed E-state index contributed by atoms with van der Waals surface area (Å²) in [5, 5.41) is 0. The highest BCUT2D eigenvalue weighted by molar-refractivity contribution is 5.72.